The van der Waals surface area contributed by atoms with Crippen molar-refractivity contribution in [3.8, 4) is 5.75 Å². The number of nitrogens with one attached hydrogen (secondary N) is 2. The molecule has 10 heteroatoms. The van der Waals surface area contributed by atoms with Crippen molar-refractivity contribution in [2.75, 3.05) is 22.9 Å². The third-order valence-corrected chi connectivity index (χ3v) is 6.45. The van der Waals surface area contributed by atoms with Gasteiger partial charge >= 0.3 is 0 Å². The molecule has 1 heterocycles. The standard InChI is InChI=1S/C29H29N5O5/c1-17(30)27(37)32-23-16-34(28(38)20-13-11-19(12-14-20)18(2)35)25-9-5-4-8-24(25)33(29(23)39)15-22(31)21-7-3-6-10-26(21)36/h3-14,17,23,31,36H,15-16,30H2,1-2H3,(H,32,37). The van der Waals surface area contributed by atoms with Crippen molar-refractivity contribution in [3.05, 3.63) is 89.5 Å². The Morgan fingerprint density at radius 2 is 1.59 bits per heavy atom. The maximum atomic E-state index is 13.9. The average Bonchev–Trinajstić information content (AvgIpc) is 3.03. The lowest BCUT2D eigenvalue weighted by Crippen LogP contribution is -2.56. The van der Waals surface area contributed by atoms with Crippen LogP contribution in [0, 0.1) is 5.41 Å². The van der Waals surface area contributed by atoms with Crippen molar-refractivity contribution in [1.29, 1.82) is 5.41 Å². The van der Waals surface area contributed by atoms with E-state index in [9.17, 15) is 24.3 Å². The number of aromatic hydroxyl groups is 1. The van der Waals surface area contributed by atoms with E-state index in [0.717, 1.165) is 0 Å². The first-order chi connectivity index (χ1) is 18.6. The number of rotatable bonds is 7. The summed E-state index contributed by atoms with van der Waals surface area (Å²) in [6.45, 7) is 2.49. The van der Waals surface area contributed by atoms with Crippen molar-refractivity contribution in [2.45, 2.75) is 25.9 Å². The summed E-state index contributed by atoms with van der Waals surface area (Å²) in [5.41, 5.74) is 7.46. The second-order valence-corrected chi connectivity index (χ2v) is 9.31. The van der Waals surface area contributed by atoms with Gasteiger partial charge in [0.15, 0.2) is 5.78 Å². The van der Waals surface area contributed by atoms with Gasteiger partial charge in [-0.15, -0.1) is 0 Å². The molecule has 0 aliphatic carbocycles. The second-order valence-electron chi connectivity index (χ2n) is 9.31. The number of carbonyl (C=O) groups excluding carboxylic acids is 4. The number of hydrogen-bond donors (Lipinski definition) is 4. The number of phenols is 1. The van der Waals surface area contributed by atoms with Crippen LogP contribution in [0.15, 0.2) is 72.8 Å². The maximum Gasteiger partial charge on any atom is 0.258 e. The normalized spacial score (nSPS) is 15.7. The van der Waals surface area contributed by atoms with Crippen LogP contribution in [0.4, 0.5) is 11.4 Å². The molecule has 0 spiro atoms. The number of ketones is 1. The SMILES string of the molecule is CC(=O)c1ccc(C(=O)N2CC(NC(=O)C(C)N)C(=O)N(CC(=N)c3ccccc3O)c3ccccc32)cc1. The first-order valence-corrected chi connectivity index (χ1v) is 12.3. The highest BCUT2D eigenvalue weighted by molar-refractivity contribution is 6.15. The van der Waals surface area contributed by atoms with Crippen molar-refractivity contribution in [1.82, 2.24) is 5.32 Å². The van der Waals surface area contributed by atoms with Crippen LogP contribution in [0.1, 0.15) is 40.1 Å². The summed E-state index contributed by atoms with van der Waals surface area (Å²) in [6, 6.07) is 17.2. The Morgan fingerprint density at radius 1 is 1.00 bits per heavy atom. The molecule has 2 unspecified atom stereocenters. The first kappa shape index (κ1) is 27.2. The van der Waals surface area contributed by atoms with Gasteiger partial charge in [-0.1, -0.05) is 36.4 Å². The van der Waals surface area contributed by atoms with E-state index in [1.54, 1.807) is 54.6 Å². The van der Waals surface area contributed by atoms with E-state index in [4.69, 9.17) is 11.1 Å². The monoisotopic (exact) mass is 527 g/mol. The zero-order valence-electron chi connectivity index (χ0n) is 21.5. The zero-order chi connectivity index (χ0) is 28.3. The van der Waals surface area contributed by atoms with E-state index in [1.165, 1.54) is 41.8 Å². The van der Waals surface area contributed by atoms with Crippen molar-refractivity contribution < 1.29 is 24.3 Å². The highest BCUT2D eigenvalue weighted by Crippen LogP contribution is 2.34. The Hall–Kier alpha value is -4.83. The van der Waals surface area contributed by atoms with Crippen molar-refractivity contribution >= 4 is 40.6 Å². The lowest BCUT2D eigenvalue weighted by molar-refractivity contribution is -0.127. The minimum absolute atomic E-state index is 0.0341. The number of carbonyl (C=O) groups is 4. The molecule has 5 N–H and O–H groups in total. The van der Waals surface area contributed by atoms with Crippen molar-refractivity contribution in [3.63, 3.8) is 0 Å². The van der Waals surface area contributed by atoms with Crippen LogP contribution in [0.25, 0.3) is 0 Å². The molecule has 2 atom stereocenters. The Labute approximate surface area is 225 Å². The minimum atomic E-state index is -1.17. The fourth-order valence-electron chi connectivity index (χ4n) is 4.33. The van der Waals surface area contributed by atoms with E-state index in [2.05, 4.69) is 5.32 Å². The zero-order valence-corrected chi connectivity index (χ0v) is 21.5. The lowest BCUT2D eigenvalue weighted by atomic mass is 10.1. The van der Waals surface area contributed by atoms with Crippen LogP contribution in [0.2, 0.25) is 0 Å². The van der Waals surface area contributed by atoms with E-state index in [-0.39, 0.29) is 41.5 Å². The average molecular weight is 528 g/mol. The Balaban J connectivity index is 1.78. The quantitative estimate of drug-likeness (QED) is 0.273. The van der Waals surface area contributed by atoms with E-state index >= 15 is 0 Å². The molecular weight excluding hydrogens is 498 g/mol. The Kier molecular flexibility index (Phi) is 7.87. The molecule has 200 valence electrons. The van der Waals surface area contributed by atoms with E-state index in [1.807, 2.05) is 0 Å². The minimum Gasteiger partial charge on any atom is -0.507 e. The molecule has 3 aromatic rings. The number of fused-ring (bicyclic) bond motifs is 1. The molecule has 1 aliphatic rings. The van der Waals surface area contributed by atoms with Gasteiger partial charge in [-0.25, -0.2) is 0 Å². The number of hydrogen-bond acceptors (Lipinski definition) is 7. The second kappa shape index (κ2) is 11.3. The van der Waals surface area contributed by atoms with Crippen LogP contribution < -0.4 is 20.9 Å². The maximum absolute atomic E-state index is 13.9. The largest absolute Gasteiger partial charge is 0.507 e. The summed E-state index contributed by atoms with van der Waals surface area (Å²) in [6.07, 6.45) is 0. The fraction of sp³-hybridized carbons (Fsp3) is 0.207. The molecular formula is C29H29N5O5. The Morgan fingerprint density at radius 3 is 2.21 bits per heavy atom. The molecule has 39 heavy (non-hydrogen) atoms. The number of benzene rings is 3. The third-order valence-electron chi connectivity index (χ3n) is 6.45. The molecule has 0 fully saturated rings. The summed E-state index contributed by atoms with van der Waals surface area (Å²) in [5, 5.41) is 21.5. The molecule has 10 nitrogen and oxygen atoms in total. The Bertz CT molecular complexity index is 1450. The third kappa shape index (κ3) is 5.70. The summed E-state index contributed by atoms with van der Waals surface area (Å²) in [7, 11) is 0. The van der Waals surface area contributed by atoms with E-state index < -0.39 is 29.8 Å². The van der Waals surface area contributed by atoms with Gasteiger partial charge in [-0.2, -0.15) is 0 Å². The topological polar surface area (TPSA) is 157 Å². The molecule has 3 aromatic carbocycles. The predicted molar refractivity (Wildman–Crippen MR) is 147 cm³/mol. The van der Waals surface area contributed by atoms with Gasteiger partial charge in [0.1, 0.15) is 11.8 Å². The highest BCUT2D eigenvalue weighted by Gasteiger charge is 2.38. The number of nitrogens with two attached hydrogens (primary N) is 1. The molecule has 3 amide bonds. The van der Waals surface area contributed by atoms with Crippen LogP contribution in [-0.2, 0) is 9.59 Å². The number of Topliss-reactive ketones (excluding diaryl/α,β-unsaturated/α-hetero) is 1. The predicted octanol–water partition coefficient (Wildman–Crippen LogP) is 2.49. The number of para-hydroxylation sites is 3. The summed E-state index contributed by atoms with van der Waals surface area (Å²) < 4.78 is 0. The molecule has 0 saturated heterocycles. The van der Waals surface area contributed by atoms with Gasteiger partial charge < -0.3 is 31.4 Å². The van der Waals surface area contributed by atoms with E-state index in [0.29, 0.717) is 16.9 Å². The summed E-state index contributed by atoms with van der Waals surface area (Å²) in [5.74, 6) is -1.80. The highest BCUT2D eigenvalue weighted by atomic mass is 16.3. The smallest absolute Gasteiger partial charge is 0.258 e. The number of anilines is 2. The first-order valence-electron chi connectivity index (χ1n) is 12.3. The molecule has 0 radical (unpaired) electrons. The van der Waals surface area contributed by atoms with Gasteiger partial charge in [0, 0.05) is 16.7 Å². The van der Waals surface area contributed by atoms with Crippen LogP contribution in [0.5, 0.6) is 5.75 Å². The van der Waals surface area contributed by atoms with Crippen LogP contribution in [0.3, 0.4) is 0 Å². The molecule has 0 aromatic heterocycles. The van der Waals surface area contributed by atoms with Crippen LogP contribution in [-0.4, -0.2) is 59.5 Å². The molecule has 0 bridgehead atoms. The summed E-state index contributed by atoms with van der Waals surface area (Å²) >= 11 is 0. The van der Waals surface area contributed by atoms with Gasteiger partial charge in [0.25, 0.3) is 11.8 Å². The van der Waals surface area contributed by atoms with Crippen molar-refractivity contribution in [2.24, 2.45) is 5.73 Å². The molecule has 4 rings (SSSR count). The number of amides is 3. The molecule has 1 aliphatic heterocycles. The number of phenolic OH excluding ortho intramolecular Hbond substituents is 1. The van der Waals surface area contributed by atoms with Crippen LogP contribution >= 0.6 is 0 Å². The lowest BCUT2D eigenvalue weighted by Gasteiger charge is -2.26. The van der Waals surface area contributed by atoms with Gasteiger partial charge in [-0.05, 0) is 50.2 Å². The van der Waals surface area contributed by atoms with Gasteiger partial charge in [-0.3, -0.25) is 19.2 Å². The van der Waals surface area contributed by atoms with Gasteiger partial charge in [0.05, 0.1) is 36.2 Å². The van der Waals surface area contributed by atoms with Gasteiger partial charge in [0.2, 0.25) is 5.91 Å². The fourth-order valence-corrected chi connectivity index (χ4v) is 4.33. The molecule has 0 saturated carbocycles. The number of nitrogens with zero attached hydrogens (tertiary/aromatic N) is 2. The summed E-state index contributed by atoms with van der Waals surface area (Å²) in [4.78, 5) is 54.6.